The Hall–Kier alpha value is -1.09. The second-order valence-corrected chi connectivity index (χ2v) is 5.91. The standard InChI is InChI=1S/C16H23FN2/c1-2-19(11-12-3-4-12)16-8-5-14(17)9-13(16)10-18-15-6-7-15/h5,8-9,12,15,18H,2-4,6-7,10-11H2,1H3. The van der Waals surface area contributed by atoms with Gasteiger partial charge in [-0.15, -0.1) is 0 Å². The predicted molar refractivity (Wildman–Crippen MR) is 76.9 cm³/mol. The first-order chi connectivity index (χ1) is 9.26. The van der Waals surface area contributed by atoms with Crippen molar-refractivity contribution in [1.82, 2.24) is 5.32 Å². The summed E-state index contributed by atoms with van der Waals surface area (Å²) < 4.78 is 13.5. The van der Waals surface area contributed by atoms with Gasteiger partial charge in [-0.05, 0) is 62.3 Å². The molecule has 0 unspecified atom stereocenters. The van der Waals surface area contributed by atoms with Crippen molar-refractivity contribution in [3.63, 3.8) is 0 Å². The smallest absolute Gasteiger partial charge is 0.123 e. The first kappa shape index (κ1) is 12.9. The van der Waals surface area contributed by atoms with Gasteiger partial charge in [0.2, 0.25) is 0 Å². The molecule has 1 aromatic carbocycles. The molecule has 3 rings (SSSR count). The molecule has 0 bridgehead atoms. The first-order valence-corrected chi connectivity index (χ1v) is 7.53. The van der Waals surface area contributed by atoms with Crippen molar-refractivity contribution in [2.24, 2.45) is 5.92 Å². The molecule has 1 N–H and O–H groups in total. The van der Waals surface area contributed by atoms with Gasteiger partial charge in [-0.25, -0.2) is 4.39 Å². The van der Waals surface area contributed by atoms with E-state index in [1.807, 2.05) is 6.07 Å². The summed E-state index contributed by atoms with van der Waals surface area (Å²) in [4.78, 5) is 2.40. The minimum absolute atomic E-state index is 0.126. The van der Waals surface area contributed by atoms with Gasteiger partial charge < -0.3 is 10.2 Å². The molecule has 1 aromatic rings. The topological polar surface area (TPSA) is 15.3 Å². The van der Waals surface area contributed by atoms with E-state index in [1.54, 1.807) is 12.1 Å². The van der Waals surface area contributed by atoms with Crippen molar-refractivity contribution in [2.75, 3.05) is 18.0 Å². The van der Waals surface area contributed by atoms with Gasteiger partial charge in [0.1, 0.15) is 5.82 Å². The Bertz CT molecular complexity index is 438. The molecular formula is C16H23FN2. The van der Waals surface area contributed by atoms with Crippen molar-refractivity contribution in [3.05, 3.63) is 29.6 Å². The van der Waals surface area contributed by atoms with Crippen molar-refractivity contribution < 1.29 is 4.39 Å². The minimum atomic E-state index is -0.126. The Morgan fingerprint density at radius 1 is 1.26 bits per heavy atom. The lowest BCUT2D eigenvalue weighted by Gasteiger charge is -2.26. The molecular weight excluding hydrogens is 239 g/mol. The van der Waals surface area contributed by atoms with Gasteiger partial charge in [-0.1, -0.05) is 0 Å². The molecule has 19 heavy (non-hydrogen) atoms. The highest BCUT2D eigenvalue weighted by molar-refractivity contribution is 5.54. The van der Waals surface area contributed by atoms with Gasteiger partial charge in [0.25, 0.3) is 0 Å². The minimum Gasteiger partial charge on any atom is -0.371 e. The summed E-state index contributed by atoms with van der Waals surface area (Å²) in [6, 6.07) is 5.89. The van der Waals surface area contributed by atoms with E-state index in [4.69, 9.17) is 0 Å². The number of nitrogens with one attached hydrogen (secondary N) is 1. The summed E-state index contributed by atoms with van der Waals surface area (Å²) in [5.41, 5.74) is 2.32. The highest BCUT2D eigenvalue weighted by atomic mass is 19.1. The average Bonchev–Trinajstić information content (AvgIpc) is 3.28. The Balaban J connectivity index is 1.75. The van der Waals surface area contributed by atoms with Gasteiger partial charge in [-0.2, -0.15) is 0 Å². The van der Waals surface area contributed by atoms with Gasteiger partial charge in [0, 0.05) is 31.4 Å². The van der Waals surface area contributed by atoms with Crippen LogP contribution < -0.4 is 10.2 Å². The van der Waals surface area contributed by atoms with Crippen molar-refractivity contribution >= 4 is 5.69 Å². The van der Waals surface area contributed by atoms with Crippen LogP contribution >= 0.6 is 0 Å². The molecule has 0 saturated heterocycles. The van der Waals surface area contributed by atoms with E-state index in [9.17, 15) is 4.39 Å². The Morgan fingerprint density at radius 2 is 2.05 bits per heavy atom. The Morgan fingerprint density at radius 3 is 2.68 bits per heavy atom. The quantitative estimate of drug-likeness (QED) is 0.811. The van der Waals surface area contributed by atoms with Crippen LogP contribution in [0.15, 0.2) is 18.2 Å². The van der Waals surface area contributed by atoms with Gasteiger partial charge in [-0.3, -0.25) is 0 Å². The third kappa shape index (κ3) is 3.47. The molecule has 104 valence electrons. The molecule has 0 spiro atoms. The molecule has 0 radical (unpaired) electrons. The monoisotopic (exact) mass is 262 g/mol. The SMILES string of the molecule is CCN(CC1CC1)c1ccc(F)cc1CNC1CC1. The Kier molecular flexibility index (Phi) is 3.74. The Labute approximate surface area is 115 Å². The van der Waals surface area contributed by atoms with E-state index in [0.717, 1.165) is 31.1 Å². The molecule has 0 aromatic heterocycles. The molecule has 2 aliphatic rings. The van der Waals surface area contributed by atoms with Crippen molar-refractivity contribution in [3.8, 4) is 0 Å². The van der Waals surface area contributed by atoms with Crippen LogP contribution in [0.2, 0.25) is 0 Å². The van der Waals surface area contributed by atoms with Crippen molar-refractivity contribution in [2.45, 2.75) is 45.2 Å². The zero-order valence-corrected chi connectivity index (χ0v) is 11.7. The number of benzene rings is 1. The third-order valence-electron chi connectivity index (χ3n) is 4.10. The third-order valence-corrected chi connectivity index (χ3v) is 4.10. The predicted octanol–water partition coefficient (Wildman–Crippen LogP) is 3.31. The molecule has 2 aliphatic carbocycles. The lowest BCUT2D eigenvalue weighted by Crippen LogP contribution is -2.27. The maximum Gasteiger partial charge on any atom is 0.123 e. The van der Waals surface area contributed by atoms with E-state index < -0.39 is 0 Å². The fourth-order valence-electron chi connectivity index (χ4n) is 2.56. The van der Waals surface area contributed by atoms with Gasteiger partial charge >= 0.3 is 0 Å². The largest absolute Gasteiger partial charge is 0.371 e. The first-order valence-electron chi connectivity index (χ1n) is 7.53. The van der Waals surface area contributed by atoms with Crippen LogP contribution in [0.25, 0.3) is 0 Å². The number of halogens is 1. The normalized spacial score (nSPS) is 18.6. The highest BCUT2D eigenvalue weighted by Gasteiger charge is 2.25. The van der Waals surface area contributed by atoms with Crippen LogP contribution in [0.1, 0.15) is 38.2 Å². The molecule has 3 heteroatoms. The molecule has 2 saturated carbocycles. The summed E-state index contributed by atoms with van der Waals surface area (Å²) in [5, 5.41) is 3.50. The van der Waals surface area contributed by atoms with E-state index in [0.29, 0.717) is 6.04 Å². The number of hydrogen-bond donors (Lipinski definition) is 1. The van der Waals surface area contributed by atoms with Crippen LogP contribution in [0.5, 0.6) is 0 Å². The van der Waals surface area contributed by atoms with Crippen molar-refractivity contribution in [1.29, 1.82) is 0 Å². The number of rotatable bonds is 7. The second-order valence-electron chi connectivity index (χ2n) is 5.91. The maximum absolute atomic E-state index is 13.5. The summed E-state index contributed by atoms with van der Waals surface area (Å²) in [5.74, 6) is 0.730. The second kappa shape index (κ2) is 5.49. The number of nitrogens with zero attached hydrogens (tertiary/aromatic N) is 1. The lowest BCUT2D eigenvalue weighted by atomic mass is 10.1. The van der Waals surface area contributed by atoms with Gasteiger partial charge in [0.05, 0.1) is 0 Å². The molecule has 0 heterocycles. The van der Waals surface area contributed by atoms with Crippen LogP contribution in [-0.2, 0) is 6.54 Å². The summed E-state index contributed by atoms with van der Waals surface area (Å²) in [7, 11) is 0. The fourth-order valence-corrected chi connectivity index (χ4v) is 2.56. The number of hydrogen-bond acceptors (Lipinski definition) is 2. The van der Waals surface area contributed by atoms with Crippen LogP contribution in [0, 0.1) is 11.7 Å². The summed E-state index contributed by atoms with van der Waals surface area (Å²) in [6.07, 6.45) is 5.25. The molecule has 2 nitrogen and oxygen atoms in total. The zero-order valence-electron chi connectivity index (χ0n) is 11.7. The van der Waals surface area contributed by atoms with Crippen LogP contribution in [0.3, 0.4) is 0 Å². The molecule has 0 amide bonds. The highest BCUT2D eigenvalue weighted by Crippen LogP contribution is 2.32. The number of anilines is 1. The summed E-state index contributed by atoms with van der Waals surface area (Å²) in [6.45, 7) is 5.10. The van der Waals surface area contributed by atoms with E-state index in [2.05, 4.69) is 17.1 Å². The maximum atomic E-state index is 13.5. The lowest BCUT2D eigenvalue weighted by molar-refractivity contribution is 0.617. The van der Waals surface area contributed by atoms with E-state index in [1.165, 1.54) is 31.4 Å². The van der Waals surface area contributed by atoms with Crippen LogP contribution in [-0.4, -0.2) is 19.1 Å². The fraction of sp³-hybridized carbons (Fsp3) is 0.625. The van der Waals surface area contributed by atoms with Gasteiger partial charge in [0.15, 0.2) is 0 Å². The molecule has 0 aliphatic heterocycles. The molecule has 2 fully saturated rings. The average molecular weight is 262 g/mol. The zero-order chi connectivity index (χ0) is 13.2. The van der Waals surface area contributed by atoms with E-state index in [-0.39, 0.29) is 5.82 Å². The summed E-state index contributed by atoms with van der Waals surface area (Å²) >= 11 is 0. The molecule has 0 atom stereocenters. The van der Waals surface area contributed by atoms with Crippen LogP contribution in [0.4, 0.5) is 10.1 Å². The van der Waals surface area contributed by atoms with E-state index >= 15 is 0 Å².